The van der Waals surface area contributed by atoms with E-state index in [1.807, 2.05) is 42.5 Å². The van der Waals surface area contributed by atoms with Crippen molar-refractivity contribution in [2.45, 2.75) is 12.1 Å². The Morgan fingerprint density at radius 1 is 0.692 bits per heavy atom. The van der Waals surface area contributed by atoms with Crippen LogP contribution in [0.5, 0.6) is 5.75 Å². The number of hydrogen-bond donors (Lipinski definition) is 1. The summed E-state index contributed by atoms with van der Waals surface area (Å²) in [5, 5.41) is 10.4. The molecule has 2 aromatic rings. The van der Waals surface area contributed by atoms with Gasteiger partial charge < -0.3 is 10.0 Å². The lowest BCUT2D eigenvalue weighted by atomic mass is 9.83. The maximum Gasteiger partial charge on any atom is 0.123 e. The maximum absolute atomic E-state index is 10.4. The highest BCUT2D eigenvalue weighted by Gasteiger charge is 2.45. The number of benzene rings is 2. The molecule has 4 unspecified atom stereocenters. The first kappa shape index (κ1) is 15.3. The number of anilines is 1. The van der Waals surface area contributed by atoms with Crippen molar-refractivity contribution in [2.75, 3.05) is 4.90 Å². The van der Waals surface area contributed by atoms with Gasteiger partial charge in [0.25, 0.3) is 0 Å². The standard InChI is InChI=1S/C24H21NO/c26-24-15-14-18(16-21(24)17-8-2-1-3-9-17)25-22-12-6-4-10-19(22)20-11-5-7-13-23(20)25/h1-16,19-20,22-23,26H. The molecule has 1 aliphatic heterocycles. The molecular formula is C24H21NO. The van der Waals surface area contributed by atoms with Crippen LogP contribution < -0.4 is 4.90 Å². The van der Waals surface area contributed by atoms with Gasteiger partial charge >= 0.3 is 0 Å². The summed E-state index contributed by atoms with van der Waals surface area (Å²) in [5.74, 6) is 1.30. The van der Waals surface area contributed by atoms with Gasteiger partial charge in [0.15, 0.2) is 0 Å². The van der Waals surface area contributed by atoms with Crippen molar-refractivity contribution in [1.82, 2.24) is 0 Å². The average Bonchev–Trinajstić information content (AvgIpc) is 3.04. The molecule has 0 bridgehead atoms. The highest BCUT2D eigenvalue weighted by atomic mass is 16.3. The lowest BCUT2D eigenvalue weighted by molar-refractivity contribution is 0.477. The van der Waals surface area contributed by atoms with Gasteiger partial charge in [-0.1, -0.05) is 78.9 Å². The Hall–Kier alpha value is -3.00. The fourth-order valence-corrected chi connectivity index (χ4v) is 4.57. The molecule has 128 valence electrons. The molecule has 2 aromatic carbocycles. The summed E-state index contributed by atoms with van der Waals surface area (Å²) in [7, 11) is 0. The van der Waals surface area contributed by atoms with Crippen LogP contribution in [0.15, 0.2) is 97.1 Å². The van der Waals surface area contributed by atoms with Crippen molar-refractivity contribution in [2.24, 2.45) is 11.8 Å². The van der Waals surface area contributed by atoms with Crippen LogP contribution in [0.2, 0.25) is 0 Å². The molecule has 1 N–H and O–H groups in total. The number of allylic oxidation sites excluding steroid dienone is 4. The van der Waals surface area contributed by atoms with E-state index < -0.39 is 0 Å². The highest BCUT2D eigenvalue weighted by Crippen LogP contribution is 2.45. The highest BCUT2D eigenvalue weighted by molar-refractivity contribution is 5.75. The fraction of sp³-hybridized carbons (Fsp3) is 0.167. The zero-order valence-electron chi connectivity index (χ0n) is 14.4. The monoisotopic (exact) mass is 339 g/mol. The predicted molar refractivity (Wildman–Crippen MR) is 107 cm³/mol. The van der Waals surface area contributed by atoms with E-state index in [1.165, 1.54) is 0 Å². The number of hydrogen-bond acceptors (Lipinski definition) is 2. The smallest absolute Gasteiger partial charge is 0.123 e. The summed E-state index contributed by atoms with van der Waals surface area (Å²) >= 11 is 0. The van der Waals surface area contributed by atoms with E-state index in [4.69, 9.17) is 0 Å². The second kappa shape index (κ2) is 6.06. The molecule has 1 heterocycles. The quantitative estimate of drug-likeness (QED) is 0.823. The number of phenolic OH excluding ortho intramolecular Hbond substituents is 1. The number of aromatic hydroxyl groups is 1. The normalized spacial score (nSPS) is 28.2. The zero-order chi connectivity index (χ0) is 17.5. The van der Waals surface area contributed by atoms with E-state index in [2.05, 4.69) is 59.6 Å². The molecule has 0 saturated carbocycles. The van der Waals surface area contributed by atoms with Crippen molar-refractivity contribution in [3.8, 4) is 16.9 Å². The van der Waals surface area contributed by atoms with Crippen molar-refractivity contribution < 1.29 is 5.11 Å². The third-order valence-electron chi connectivity index (χ3n) is 5.74. The Morgan fingerprint density at radius 3 is 1.96 bits per heavy atom. The largest absolute Gasteiger partial charge is 0.507 e. The topological polar surface area (TPSA) is 23.5 Å². The summed E-state index contributed by atoms with van der Waals surface area (Å²) in [6.45, 7) is 0. The van der Waals surface area contributed by atoms with Crippen molar-refractivity contribution >= 4 is 5.69 Å². The number of rotatable bonds is 2. The molecule has 5 rings (SSSR count). The van der Waals surface area contributed by atoms with Gasteiger partial charge in [-0.15, -0.1) is 0 Å². The van der Waals surface area contributed by atoms with E-state index >= 15 is 0 Å². The summed E-state index contributed by atoms with van der Waals surface area (Å²) in [5.41, 5.74) is 3.08. The van der Waals surface area contributed by atoms with Crippen LogP contribution in [-0.2, 0) is 0 Å². The third-order valence-corrected chi connectivity index (χ3v) is 5.74. The van der Waals surface area contributed by atoms with Gasteiger partial charge in [-0.2, -0.15) is 0 Å². The first-order valence-electron chi connectivity index (χ1n) is 9.20. The van der Waals surface area contributed by atoms with Crippen LogP contribution in [0.3, 0.4) is 0 Å². The first-order valence-corrected chi connectivity index (χ1v) is 9.20. The Balaban J connectivity index is 1.61. The lowest BCUT2D eigenvalue weighted by Crippen LogP contribution is -2.36. The van der Waals surface area contributed by atoms with E-state index in [-0.39, 0.29) is 0 Å². The average molecular weight is 339 g/mol. The zero-order valence-corrected chi connectivity index (χ0v) is 14.4. The summed E-state index contributed by atoms with van der Waals surface area (Å²) in [6.07, 6.45) is 17.9. The molecule has 0 spiro atoms. The Kier molecular flexibility index (Phi) is 3.56. The van der Waals surface area contributed by atoms with E-state index in [0.29, 0.717) is 29.7 Å². The molecule has 2 heteroatoms. The Bertz CT molecular complexity index is 904. The number of fused-ring (bicyclic) bond motifs is 3. The minimum atomic E-state index is 0.324. The van der Waals surface area contributed by atoms with Gasteiger partial charge in [0.2, 0.25) is 0 Å². The molecule has 1 fully saturated rings. The van der Waals surface area contributed by atoms with Crippen LogP contribution >= 0.6 is 0 Å². The number of nitrogens with zero attached hydrogens (tertiary/aromatic N) is 1. The van der Waals surface area contributed by atoms with Gasteiger partial charge in [0, 0.05) is 23.1 Å². The van der Waals surface area contributed by atoms with Crippen molar-refractivity contribution in [3.05, 3.63) is 97.1 Å². The van der Waals surface area contributed by atoms with Crippen LogP contribution in [0.1, 0.15) is 0 Å². The minimum Gasteiger partial charge on any atom is -0.507 e. The first-order chi connectivity index (χ1) is 12.8. The SMILES string of the molecule is Oc1ccc(N2C3C=CC=CC3C3C=CC=CC32)cc1-c1ccccc1. The molecule has 0 radical (unpaired) electrons. The van der Waals surface area contributed by atoms with Crippen LogP contribution in [0.4, 0.5) is 5.69 Å². The van der Waals surface area contributed by atoms with Gasteiger partial charge in [0.05, 0.1) is 12.1 Å². The van der Waals surface area contributed by atoms with Crippen LogP contribution in [-0.4, -0.2) is 17.2 Å². The Labute approximate surface area is 154 Å². The summed E-state index contributed by atoms with van der Waals surface area (Å²) < 4.78 is 0. The summed E-state index contributed by atoms with van der Waals surface area (Å²) in [6, 6.07) is 16.8. The molecule has 4 atom stereocenters. The fourth-order valence-electron chi connectivity index (χ4n) is 4.57. The second-order valence-corrected chi connectivity index (χ2v) is 7.15. The van der Waals surface area contributed by atoms with Gasteiger partial charge in [-0.05, 0) is 23.8 Å². The van der Waals surface area contributed by atoms with Gasteiger partial charge in [-0.25, -0.2) is 0 Å². The second-order valence-electron chi connectivity index (χ2n) is 7.15. The molecule has 0 amide bonds. The Morgan fingerprint density at radius 2 is 1.31 bits per heavy atom. The molecule has 3 aliphatic rings. The minimum absolute atomic E-state index is 0.324. The van der Waals surface area contributed by atoms with Crippen molar-refractivity contribution in [3.63, 3.8) is 0 Å². The maximum atomic E-state index is 10.4. The van der Waals surface area contributed by atoms with Crippen molar-refractivity contribution in [1.29, 1.82) is 0 Å². The molecule has 26 heavy (non-hydrogen) atoms. The third kappa shape index (κ3) is 2.33. The van der Waals surface area contributed by atoms with Gasteiger partial charge in [-0.3, -0.25) is 0 Å². The van der Waals surface area contributed by atoms with Gasteiger partial charge in [0.1, 0.15) is 5.75 Å². The van der Waals surface area contributed by atoms with E-state index in [9.17, 15) is 5.11 Å². The van der Waals surface area contributed by atoms with Crippen LogP contribution in [0.25, 0.3) is 11.1 Å². The van der Waals surface area contributed by atoms with E-state index in [1.54, 1.807) is 0 Å². The molecule has 2 aliphatic carbocycles. The molecular weight excluding hydrogens is 318 g/mol. The molecule has 2 nitrogen and oxygen atoms in total. The number of phenols is 1. The van der Waals surface area contributed by atoms with Crippen LogP contribution in [0, 0.1) is 11.8 Å². The molecule has 1 saturated heterocycles. The lowest BCUT2D eigenvalue weighted by Gasteiger charge is -2.32. The van der Waals surface area contributed by atoms with E-state index in [0.717, 1.165) is 16.8 Å². The predicted octanol–water partition coefficient (Wildman–Crippen LogP) is 5.10. The summed E-state index contributed by atoms with van der Waals surface area (Å²) in [4.78, 5) is 2.50. The molecule has 0 aromatic heterocycles.